The summed E-state index contributed by atoms with van der Waals surface area (Å²) in [6.45, 7) is 2.49. The Balaban J connectivity index is 2.20. The number of methoxy groups -OCH3 is 2. The van der Waals surface area contributed by atoms with Crippen LogP contribution in [0, 0.1) is 0 Å². The molecule has 0 bridgehead atoms. The van der Waals surface area contributed by atoms with Crippen LogP contribution < -0.4 is 9.47 Å². The maximum Gasteiger partial charge on any atom is 0.307 e. The molecule has 1 aliphatic rings. The topological polar surface area (TPSA) is 65.1 Å². The van der Waals surface area contributed by atoms with Crippen LogP contribution in [0.25, 0.3) is 0 Å². The van der Waals surface area contributed by atoms with Crippen molar-refractivity contribution in [2.24, 2.45) is 0 Å². The first-order valence-electron chi connectivity index (χ1n) is 8.78. The summed E-state index contributed by atoms with van der Waals surface area (Å²) in [4.78, 5) is 26.6. The van der Waals surface area contributed by atoms with Crippen molar-refractivity contribution in [1.29, 1.82) is 0 Å². The molecule has 0 N–H and O–H groups in total. The molecule has 0 aliphatic heterocycles. The summed E-state index contributed by atoms with van der Waals surface area (Å²) in [5.74, 6) is 0.758. The highest BCUT2D eigenvalue weighted by Crippen LogP contribution is 2.28. The first-order chi connectivity index (χ1) is 12.1. The van der Waals surface area contributed by atoms with Gasteiger partial charge in [0, 0.05) is 24.2 Å². The molecule has 6 heteroatoms. The van der Waals surface area contributed by atoms with Gasteiger partial charge in [-0.25, -0.2) is 0 Å². The lowest BCUT2D eigenvalue weighted by Gasteiger charge is -2.29. The molecule has 6 nitrogen and oxygen atoms in total. The molecule has 0 spiro atoms. The smallest absolute Gasteiger partial charge is 0.307 e. The minimum absolute atomic E-state index is 0.103. The van der Waals surface area contributed by atoms with Gasteiger partial charge >= 0.3 is 5.97 Å². The molecule has 0 atom stereocenters. The second-order valence-electron chi connectivity index (χ2n) is 6.09. The van der Waals surface area contributed by atoms with Gasteiger partial charge in [-0.15, -0.1) is 0 Å². The number of benzene rings is 1. The lowest BCUT2D eigenvalue weighted by molar-refractivity contribution is -0.143. The van der Waals surface area contributed by atoms with E-state index in [9.17, 15) is 9.59 Å². The molecule has 138 valence electrons. The van der Waals surface area contributed by atoms with Gasteiger partial charge in [-0.1, -0.05) is 12.8 Å². The molecule has 1 saturated carbocycles. The lowest BCUT2D eigenvalue weighted by Crippen LogP contribution is -2.40. The largest absolute Gasteiger partial charge is 0.497 e. The fourth-order valence-electron chi connectivity index (χ4n) is 3.21. The van der Waals surface area contributed by atoms with Crippen molar-refractivity contribution < 1.29 is 23.8 Å². The number of rotatable bonds is 8. The zero-order chi connectivity index (χ0) is 18.2. The summed E-state index contributed by atoms with van der Waals surface area (Å²) in [7, 11) is 3.11. The van der Waals surface area contributed by atoms with Crippen LogP contribution in [-0.2, 0) is 9.53 Å². The normalized spacial score (nSPS) is 14.2. The molecule has 1 aromatic carbocycles. The van der Waals surface area contributed by atoms with E-state index in [-0.39, 0.29) is 24.3 Å². The van der Waals surface area contributed by atoms with E-state index < -0.39 is 0 Å². The zero-order valence-electron chi connectivity index (χ0n) is 15.2. The molecule has 1 aliphatic carbocycles. The van der Waals surface area contributed by atoms with Gasteiger partial charge in [0.1, 0.15) is 11.5 Å². The van der Waals surface area contributed by atoms with Crippen LogP contribution >= 0.6 is 0 Å². The van der Waals surface area contributed by atoms with Gasteiger partial charge in [-0.05, 0) is 31.9 Å². The number of hydrogen-bond acceptors (Lipinski definition) is 5. The van der Waals surface area contributed by atoms with Gasteiger partial charge in [0.05, 0.1) is 27.2 Å². The molecule has 0 saturated heterocycles. The van der Waals surface area contributed by atoms with Gasteiger partial charge in [0.2, 0.25) is 0 Å². The quantitative estimate of drug-likeness (QED) is 0.675. The Hall–Kier alpha value is -2.24. The molecule has 0 heterocycles. The van der Waals surface area contributed by atoms with Crippen LogP contribution in [0.2, 0.25) is 0 Å². The Kier molecular flexibility index (Phi) is 7.10. The highest BCUT2D eigenvalue weighted by atomic mass is 16.5. The van der Waals surface area contributed by atoms with E-state index in [1.165, 1.54) is 0 Å². The highest BCUT2D eigenvalue weighted by molar-refractivity contribution is 5.95. The van der Waals surface area contributed by atoms with Crippen molar-refractivity contribution in [3.05, 3.63) is 23.8 Å². The van der Waals surface area contributed by atoms with Crippen LogP contribution in [0.1, 0.15) is 49.4 Å². The third-order valence-corrected chi connectivity index (χ3v) is 4.49. The minimum atomic E-state index is -0.276. The van der Waals surface area contributed by atoms with E-state index in [2.05, 4.69) is 0 Å². The molecule has 0 radical (unpaired) electrons. The standard InChI is InChI=1S/C19H27NO5/c1-4-25-18(21)9-10-20(15-7-5-6-8-15)19(22)14-11-16(23-2)13-17(12-14)24-3/h11-13,15H,4-10H2,1-3H3. The average Bonchev–Trinajstić information content (AvgIpc) is 3.15. The molecule has 1 aromatic rings. The number of nitrogens with zero attached hydrogens (tertiary/aromatic N) is 1. The van der Waals surface area contributed by atoms with Gasteiger partial charge in [0.25, 0.3) is 5.91 Å². The molecular formula is C19H27NO5. The van der Waals surface area contributed by atoms with E-state index in [0.717, 1.165) is 25.7 Å². The van der Waals surface area contributed by atoms with E-state index >= 15 is 0 Å². The van der Waals surface area contributed by atoms with Crippen LogP contribution in [0.4, 0.5) is 0 Å². The number of carbonyl (C=O) groups is 2. The van der Waals surface area contributed by atoms with Crippen molar-refractivity contribution in [1.82, 2.24) is 4.90 Å². The van der Waals surface area contributed by atoms with Gasteiger partial charge in [-0.3, -0.25) is 9.59 Å². The van der Waals surface area contributed by atoms with Gasteiger partial charge in [0.15, 0.2) is 0 Å². The monoisotopic (exact) mass is 349 g/mol. The van der Waals surface area contributed by atoms with Crippen molar-refractivity contribution in [2.45, 2.75) is 45.1 Å². The van der Waals surface area contributed by atoms with E-state index in [1.54, 1.807) is 44.2 Å². The van der Waals surface area contributed by atoms with Crippen LogP contribution in [0.3, 0.4) is 0 Å². The Bertz CT molecular complexity index is 573. The third kappa shape index (κ3) is 5.11. The first-order valence-corrected chi connectivity index (χ1v) is 8.78. The predicted molar refractivity (Wildman–Crippen MR) is 94.1 cm³/mol. The fourth-order valence-corrected chi connectivity index (χ4v) is 3.21. The van der Waals surface area contributed by atoms with Crippen molar-refractivity contribution in [2.75, 3.05) is 27.4 Å². The lowest BCUT2D eigenvalue weighted by atomic mass is 10.1. The Morgan fingerprint density at radius 2 is 1.68 bits per heavy atom. The van der Waals surface area contributed by atoms with Crippen LogP contribution in [-0.4, -0.2) is 50.2 Å². The number of hydrogen-bond donors (Lipinski definition) is 0. The van der Waals surface area contributed by atoms with Gasteiger partial charge in [-0.2, -0.15) is 0 Å². The first kappa shape index (κ1) is 19.1. The number of esters is 1. The summed E-state index contributed by atoms with van der Waals surface area (Å²) in [5.41, 5.74) is 0.506. The molecular weight excluding hydrogens is 322 g/mol. The molecule has 2 rings (SSSR count). The summed E-state index contributed by atoms with van der Waals surface area (Å²) < 4.78 is 15.5. The van der Waals surface area contributed by atoms with Crippen LogP contribution in [0.15, 0.2) is 18.2 Å². The SMILES string of the molecule is CCOC(=O)CCN(C(=O)c1cc(OC)cc(OC)c1)C1CCCC1. The fraction of sp³-hybridized carbons (Fsp3) is 0.579. The maximum absolute atomic E-state index is 13.1. The van der Waals surface area contributed by atoms with Crippen molar-refractivity contribution in [3.8, 4) is 11.5 Å². The van der Waals surface area contributed by atoms with Crippen molar-refractivity contribution >= 4 is 11.9 Å². The van der Waals surface area contributed by atoms with E-state index in [0.29, 0.717) is 30.2 Å². The Morgan fingerprint density at radius 3 is 2.20 bits per heavy atom. The minimum Gasteiger partial charge on any atom is -0.497 e. The number of ether oxygens (including phenoxy) is 3. The summed E-state index contributed by atoms with van der Waals surface area (Å²) >= 11 is 0. The number of carbonyl (C=O) groups excluding carboxylic acids is 2. The second kappa shape index (κ2) is 9.30. The molecule has 1 fully saturated rings. The molecule has 0 aromatic heterocycles. The summed E-state index contributed by atoms with van der Waals surface area (Å²) in [6, 6.07) is 5.31. The van der Waals surface area contributed by atoms with E-state index in [1.807, 2.05) is 0 Å². The van der Waals surface area contributed by atoms with E-state index in [4.69, 9.17) is 14.2 Å². The second-order valence-corrected chi connectivity index (χ2v) is 6.09. The third-order valence-electron chi connectivity index (χ3n) is 4.49. The zero-order valence-corrected chi connectivity index (χ0v) is 15.2. The van der Waals surface area contributed by atoms with Crippen LogP contribution in [0.5, 0.6) is 11.5 Å². The van der Waals surface area contributed by atoms with Crippen molar-refractivity contribution in [3.63, 3.8) is 0 Å². The van der Waals surface area contributed by atoms with Gasteiger partial charge < -0.3 is 19.1 Å². The molecule has 0 unspecified atom stereocenters. The molecule has 25 heavy (non-hydrogen) atoms. The predicted octanol–water partition coefficient (Wildman–Crippen LogP) is 3.04. The molecule has 1 amide bonds. The maximum atomic E-state index is 13.1. The Morgan fingerprint density at radius 1 is 1.08 bits per heavy atom. The highest BCUT2D eigenvalue weighted by Gasteiger charge is 2.28. The average molecular weight is 349 g/mol. The Labute approximate surface area is 149 Å². The number of amides is 1. The summed E-state index contributed by atoms with van der Waals surface area (Å²) in [6.07, 6.45) is 4.35. The summed E-state index contributed by atoms with van der Waals surface area (Å²) in [5, 5.41) is 0.